The van der Waals surface area contributed by atoms with Gasteiger partial charge < -0.3 is 9.84 Å². The molecule has 0 radical (unpaired) electrons. The third-order valence-electron chi connectivity index (χ3n) is 5.94. The molecule has 0 aliphatic carbocycles. The van der Waals surface area contributed by atoms with Crippen molar-refractivity contribution in [2.45, 2.75) is 6.61 Å². The van der Waals surface area contributed by atoms with Crippen molar-refractivity contribution in [3.05, 3.63) is 133 Å². The van der Waals surface area contributed by atoms with Crippen LogP contribution < -0.4 is 10.3 Å². The van der Waals surface area contributed by atoms with E-state index in [4.69, 9.17) is 21.4 Å². The Kier molecular flexibility index (Phi) is 7.34. The van der Waals surface area contributed by atoms with Gasteiger partial charge in [0.1, 0.15) is 6.61 Å². The van der Waals surface area contributed by atoms with E-state index in [0.29, 0.717) is 27.9 Å². The first kappa shape index (κ1) is 26.3. The second-order valence-corrected chi connectivity index (χ2v) is 8.99. The Morgan fingerprint density at radius 3 is 2.45 bits per heavy atom. The van der Waals surface area contributed by atoms with E-state index < -0.39 is 22.1 Å². The van der Waals surface area contributed by atoms with Gasteiger partial charge in [-0.1, -0.05) is 66.2 Å². The molecule has 1 heterocycles. The fraction of sp³-hybridized carbons (Fsp3) is 0.0345. The number of carbonyl (C=O) groups is 1. The summed E-state index contributed by atoms with van der Waals surface area (Å²) in [7, 11) is 0. The predicted molar refractivity (Wildman–Crippen MR) is 150 cm³/mol. The molecular weight excluding hydrogens is 536 g/mol. The molecule has 5 rings (SSSR count). The van der Waals surface area contributed by atoms with Crippen molar-refractivity contribution >= 4 is 40.4 Å². The summed E-state index contributed by atoms with van der Waals surface area (Å²) in [6.07, 6.45) is 1.29. The summed E-state index contributed by atoms with van der Waals surface area (Å²) < 4.78 is 6.79. The molecule has 0 fully saturated rings. The topological polar surface area (TPSA) is 137 Å². The van der Waals surface area contributed by atoms with Gasteiger partial charge in [0, 0.05) is 17.2 Å². The van der Waals surface area contributed by atoms with Crippen LogP contribution in [0.5, 0.6) is 5.75 Å². The van der Waals surface area contributed by atoms with Crippen LogP contribution in [-0.2, 0) is 6.61 Å². The average Bonchev–Trinajstić information content (AvgIpc) is 2.96. The van der Waals surface area contributed by atoms with Gasteiger partial charge in [-0.2, -0.15) is 9.78 Å². The average molecular weight is 555 g/mol. The van der Waals surface area contributed by atoms with Crippen LogP contribution in [0, 0.1) is 10.1 Å². The van der Waals surface area contributed by atoms with E-state index in [2.05, 4.69) is 10.1 Å². The lowest BCUT2D eigenvalue weighted by Crippen LogP contribution is -2.20. The van der Waals surface area contributed by atoms with Crippen LogP contribution in [0.4, 0.5) is 5.69 Å². The number of benzene rings is 4. The lowest BCUT2D eigenvalue weighted by Gasteiger charge is -2.11. The van der Waals surface area contributed by atoms with Crippen LogP contribution in [0.1, 0.15) is 21.5 Å². The lowest BCUT2D eigenvalue weighted by molar-refractivity contribution is -0.385. The number of halogens is 1. The standard InChI is InChI=1S/C29H19ClN4O6/c30-23-14-19(15-25(34(38)39)26(23)40-17-18-10-12-21(13-11-18)29(36)37)16-31-33-27(20-6-2-1-3-7-20)32-24-9-5-4-8-22(24)28(33)35/h1-16H,17H2,(H,36,37). The molecule has 0 atom stereocenters. The maximum Gasteiger partial charge on any atom is 0.335 e. The molecule has 11 heteroatoms. The van der Waals surface area contributed by atoms with Crippen molar-refractivity contribution in [1.29, 1.82) is 0 Å². The molecule has 0 aliphatic heterocycles. The summed E-state index contributed by atoms with van der Waals surface area (Å²) in [6.45, 7) is -0.0769. The number of carboxylic acids is 1. The molecule has 0 saturated carbocycles. The Morgan fingerprint density at radius 2 is 1.75 bits per heavy atom. The highest BCUT2D eigenvalue weighted by Gasteiger charge is 2.21. The highest BCUT2D eigenvalue weighted by atomic mass is 35.5. The maximum absolute atomic E-state index is 13.3. The van der Waals surface area contributed by atoms with Crippen molar-refractivity contribution < 1.29 is 19.6 Å². The highest BCUT2D eigenvalue weighted by molar-refractivity contribution is 6.32. The zero-order valence-electron chi connectivity index (χ0n) is 20.6. The molecule has 4 aromatic carbocycles. The predicted octanol–water partition coefficient (Wildman–Crippen LogP) is 5.78. The Morgan fingerprint density at radius 1 is 1.05 bits per heavy atom. The van der Waals surface area contributed by atoms with Crippen molar-refractivity contribution in [2.75, 3.05) is 0 Å². The summed E-state index contributed by atoms with van der Waals surface area (Å²) >= 11 is 6.38. The molecular formula is C29H19ClN4O6. The fourth-order valence-corrected chi connectivity index (χ4v) is 4.26. The lowest BCUT2D eigenvalue weighted by atomic mass is 10.1. The largest absolute Gasteiger partial charge is 0.481 e. The SMILES string of the molecule is O=C(O)c1ccc(COc2c(Cl)cc(C=Nn3c(-c4ccccc4)nc4ccccc4c3=O)cc2[N+](=O)[O-])cc1. The first-order valence-electron chi connectivity index (χ1n) is 11.9. The minimum absolute atomic E-state index is 0.0370. The summed E-state index contributed by atoms with van der Waals surface area (Å²) in [6, 6.07) is 24.5. The minimum atomic E-state index is -1.07. The van der Waals surface area contributed by atoms with E-state index in [1.807, 2.05) is 18.2 Å². The Bertz CT molecular complexity index is 1840. The fourth-order valence-electron chi connectivity index (χ4n) is 3.98. The monoisotopic (exact) mass is 554 g/mol. The van der Waals surface area contributed by atoms with Crippen LogP contribution in [-0.4, -0.2) is 31.9 Å². The van der Waals surface area contributed by atoms with Crippen LogP contribution in [0.15, 0.2) is 101 Å². The van der Waals surface area contributed by atoms with Gasteiger partial charge in [0.15, 0.2) is 5.82 Å². The molecule has 0 unspecified atom stereocenters. The number of carboxylic acid groups (broad SMARTS) is 1. The number of aromatic carboxylic acids is 1. The number of ether oxygens (including phenoxy) is 1. The number of fused-ring (bicyclic) bond motifs is 1. The molecule has 0 saturated heterocycles. The van der Waals surface area contributed by atoms with Gasteiger partial charge in [0.05, 0.1) is 32.6 Å². The van der Waals surface area contributed by atoms with Crippen molar-refractivity contribution in [1.82, 2.24) is 9.66 Å². The van der Waals surface area contributed by atoms with Gasteiger partial charge in [-0.05, 0) is 35.9 Å². The Hall–Kier alpha value is -5.35. The van der Waals surface area contributed by atoms with Crippen molar-refractivity contribution in [2.24, 2.45) is 5.10 Å². The van der Waals surface area contributed by atoms with E-state index in [0.717, 1.165) is 4.68 Å². The van der Waals surface area contributed by atoms with Crippen LogP contribution >= 0.6 is 11.6 Å². The number of para-hydroxylation sites is 1. The van der Waals surface area contributed by atoms with Crippen LogP contribution in [0.2, 0.25) is 5.02 Å². The summed E-state index contributed by atoms with van der Waals surface area (Å²) in [5, 5.41) is 25.6. The number of hydrogen-bond donors (Lipinski definition) is 1. The van der Waals surface area contributed by atoms with Crippen molar-refractivity contribution in [3.63, 3.8) is 0 Å². The van der Waals surface area contributed by atoms with E-state index in [9.17, 15) is 19.7 Å². The van der Waals surface area contributed by atoms with Gasteiger partial charge in [-0.25, -0.2) is 9.78 Å². The third-order valence-corrected chi connectivity index (χ3v) is 6.22. The molecule has 198 valence electrons. The summed E-state index contributed by atoms with van der Waals surface area (Å²) in [5.74, 6) is -0.920. The van der Waals surface area contributed by atoms with Gasteiger partial charge in [0.25, 0.3) is 5.56 Å². The van der Waals surface area contributed by atoms with E-state index >= 15 is 0 Å². The van der Waals surface area contributed by atoms with Crippen LogP contribution in [0.3, 0.4) is 0 Å². The van der Waals surface area contributed by atoms with E-state index in [1.165, 1.54) is 30.5 Å². The Balaban J connectivity index is 1.50. The number of rotatable bonds is 8. The van der Waals surface area contributed by atoms with Crippen molar-refractivity contribution in [3.8, 4) is 17.1 Å². The van der Waals surface area contributed by atoms with E-state index in [-0.39, 0.29) is 28.5 Å². The molecule has 1 aromatic heterocycles. The van der Waals surface area contributed by atoms with Crippen LogP contribution in [0.25, 0.3) is 22.3 Å². The molecule has 0 spiro atoms. The molecule has 0 amide bonds. The molecule has 40 heavy (non-hydrogen) atoms. The molecule has 10 nitrogen and oxygen atoms in total. The molecule has 1 N–H and O–H groups in total. The normalized spacial score (nSPS) is 11.1. The summed E-state index contributed by atoms with van der Waals surface area (Å²) in [5.41, 5.74) is 1.32. The quantitative estimate of drug-likeness (QED) is 0.146. The molecule has 0 bridgehead atoms. The second-order valence-electron chi connectivity index (χ2n) is 8.58. The smallest absolute Gasteiger partial charge is 0.335 e. The van der Waals surface area contributed by atoms with Gasteiger partial charge >= 0.3 is 11.7 Å². The zero-order valence-corrected chi connectivity index (χ0v) is 21.4. The minimum Gasteiger partial charge on any atom is -0.481 e. The number of nitro benzene ring substituents is 1. The molecule has 0 aliphatic rings. The highest BCUT2D eigenvalue weighted by Crippen LogP contribution is 2.36. The number of nitrogens with zero attached hydrogens (tertiary/aromatic N) is 4. The maximum atomic E-state index is 13.3. The first-order valence-corrected chi connectivity index (χ1v) is 12.2. The molecule has 5 aromatic rings. The zero-order chi connectivity index (χ0) is 28.2. The van der Waals surface area contributed by atoms with Gasteiger partial charge in [0.2, 0.25) is 5.75 Å². The number of hydrogen-bond acceptors (Lipinski definition) is 7. The summed E-state index contributed by atoms with van der Waals surface area (Å²) in [4.78, 5) is 40.2. The number of aromatic nitrogens is 2. The van der Waals surface area contributed by atoms with Gasteiger partial charge in [-0.3, -0.25) is 14.9 Å². The first-order chi connectivity index (χ1) is 19.3. The number of nitro groups is 1. The van der Waals surface area contributed by atoms with E-state index in [1.54, 1.807) is 48.5 Å². The van der Waals surface area contributed by atoms with Gasteiger partial charge in [-0.15, -0.1) is 0 Å². The Labute approximate surface area is 231 Å². The third kappa shape index (κ3) is 5.42. The second kappa shape index (κ2) is 11.2.